The Morgan fingerprint density at radius 1 is 1.35 bits per heavy atom. The minimum atomic E-state index is -0.225. The van der Waals surface area contributed by atoms with Crippen LogP contribution in [0.15, 0.2) is 0 Å². The molecule has 0 unspecified atom stereocenters. The lowest BCUT2D eigenvalue weighted by atomic mass is 9.99. The zero-order valence-corrected chi connectivity index (χ0v) is 10.6. The standard InChI is InChI=1S/C12H21NO4/c1-13(7-3-4-11(14)16-2)12(15)10-5-8-17-9-6-10/h10H,3-9H2,1-2H3. The average Bonchev–Trinajstić information content (AvgIpc) is 2.38. The smallest absolute Gasteiger partial charge is 0.305 e. The lowest BCUT2D eigenvalue weighted by molar-refractivity contribution is -0.142. The van der Waals surface area contributed by atoms with Gasteiger partial charge in [0.15, 0.2) is 0 Å². The predicted molar refractivity (Wildman–Crippen MR) is 62.4 cm³/mol. The molecule has 1 aliphatic heterocycles. The fourth-order valence-electron chi connectivity index (χ4n) is 1.93. The fraction of sp³-hybridized carbons (Fsp3) is 0.833. The van der Waals surface area contributed by atoms with Gasteiger partial charge in [-0.25, -0.2) is 0 Å². The minimum Gasteiger partial charge on any atom is -0.469 e. The second-order valence-corrected chi connectivity index (χ2v) is 4.33. The first kappa shape index (κ1) is 14.0. The minimum absolute atomic E-state index is 0.0897. The first-order valence-corrected chi connectivity index (χ1v) is 6.04. The molecule has 5 heteroatoms. The Hall–Kier alpha value is -1.10. The number of carbonyl (C=O) groups excluding carboxylic acids is 2. The summed E-state index contributed by atoms with van der Waals surface area (Å²) in [4.78, 5) is 24.6. The van der Waals surface area contributed by atoms with Crippen molar-refractivity contribution in [2.24, 2.45) is 5.92 Å². The van der Waals surface area contributed by atoms with Gasteiger partial charge in [-0.05, 0) is 19.3 Å². The van der Waals surface area contributed by atoms with Gasteiger partial charge in [0.25, 0.3) is 0 Å². The average molecular weight is 243 g/mol. The van der Waals surface area contributed by atoms with E-state index in [0.717, 1.165) is 12.8 Å². The van der Waals surface area contributed by atoms with Crippen LogP contribution in [-0.4, -0.2) is 50.7 Å². The van der Waals surface area contributed by atoms with Crippen LogP contribution in [-0.2, 0) is 19.1 Å². The normalized spacial score (nSPS) is 16.6. The summed E-state index contributed by atoms with van der Waals surface area (Å²) in [5, 5.41) is 0. The molecular formula is C12H21NO4. The Balaban J connectivity index is 2.23. The quantitative estimate of drug-likeness (QED) is 0.671. The Kier molecular flexibility index (Phi) is 5.97. The summed E-state index contributed by atoms with van der Waals surface area (Å²) < 4.78 is 9.77. The van der Waals surface area contributed by atoms with Crippen molar-refractivity contribution in [3.63, 3.8) is 0 Å². The molecule has 1 rings (SSSR count). The van der Waals surface area contributed by atoms with Crippen molar-refractivity contribution in [2.45, 2.75) is 25.7 Å². The molecule has 0 aromatic carbocycles. The van der Waals surface area contributed by atoms with Crippen molar-refractivity contribution in [1.82, 2.24) is 4.90 Å². The number of carbonyl (C=O) groups is 2. The van der Waals surface area contributed by atoms with Gasteiger partial charge in [-0.3, -0.25) is 9.59 Å². The Morgan fingerprint density at radius 3 is 2.59 bits per heavy atom. The third-order valence-corrected chi connectivity index (χ3v) is 3.05. The number of hydrogen-bond acceptors (Lipinski definition) is 4. The van der Waals surface area contributed by atoms with Crippen molar-refractivity contribution in [3.05, 3.63) is 0 Å². The molecule has 1 heterocycles. The largest absolute Gasteiger partial charge is 0.469 e. The van der Waals surface area contributed by atoms with Gasteiger partial charge in [-0.15, -0.1) is 0 Å². The molecule has 0 aromatic rings. The Labute approximate surface area is 102 Å². The molecule has 0 aromatic heterocycles. The molecule has 5 nitrogen and oxygen atoms in total. The molecule has 0 spiro atoms. The van der Waals surface area contributed by atoms with Crippen molar-refractivity contribution >= 4 is 11.9 Å². The van der Waals surface area contributed by atoms with Gasteiger partial charge in [0.05, 0.1) is 7.11 Å². The van der Waals surface area contributed by atoms with Gasteiger partial charge >= 0.3 is 5.97 Å². The number of methoxy groups -OCH3 is 1. The van der Waals surface area contributed by atoms with Gasteiger partial charge in [-0.1, -0.05) is 0 Å². The highest BCUT2D eigenvalue weighted by Gasteiger charge is 2.24. The highest BCUT2D eigenvalue weighted by molar-refractivity contribution is 5.78. The van der Waals surface area contributed by atoms with Crippen LogP contribution in [0.1, 0.15) is 25.7 Å². The maximum absolute atomic E-state index is 12.0. The molecule has 1 saturated heterocycles. The van der Waals surface area contributed by atoms with Crippen LogP contribution in [0, 0.1) is 5.92 Å². The second kappa shape index (κ2) is 7.27. The third kappa shape index (κ3) is 4.73. The van der Waals surface area contributed by atoms with E-state index in [1.807, 2.05) is 0 Å². The molecule has 0 aliphatic carbocycles. The van der Waals surface area contributed by atoms with E-state index in [1.165, 1.54) is 7.11 Å². The lowest BCUT2D eigenvalue weighted by Crippen LogP contribution is -2.36. The van der Waals surface area contributed by atoms with Gasteiger partial charge in [0, 0.05) is 39.1 Å². The maximum atomic E-state index is 12.0. The first-order chi connectivity index (χ1) is 8.15. The van der Waals surface area contributed by atoms with Crippen LogP contribution in [0.4, 0.5) is 0 Å². The number of nitrogens with zero attached hydrogens (tertiary/aromatic N) is 1. The first-order valence-electron chi connectivity index (χ1n) is 6.04. The number of esters is 1. The van der Waals surface area contributed by atoms with E-state index in [4.69, 9.17) is 4.74 Å². The van der Waals surface area contributed by atoms with E-state index in [2.05, 4.69) is 4.74 Å². The molecule has 1 aliphatic rings. The van der Waals surface area contributed by atoms with Crippen LogP contribution >= 0.6 is 0 Å². The van der Waals surface area contributed by atoms with Crippen LogP contribution < -0.4 is 0 Å². The molecule has 1 fully saturated rings. The Morgan fingerprint density at radius 2 is 2.00 bits per heavy atom. The van der Waals surface area contributed by atoms with E-state index in [9.17, 15) is 9.59 Å². The van der Waals surface area contributed by atoms with Gasteiger partial charge in [0.1, 0.15) is 0 Å². The summed E-state index contributed by atoms with van der Waals surface area (Å²) in [6.07, 6.45) is 2.63. The summed E-state index contributed by atoms with van der Waals surface area (Å²) in [5.74, 6) is 0.0296. The molecule has 17 heavy (non-hydrogen) atoms. The predicted octanol–water partition coefficient (Wildman–Crippen LogP) is 0.825. The SMILES string of the molecule is COC(=O)CCCN(C)C(=O)C1CCOCC1. The Bertz CT molecular complexity index is 261. The van der Waals surface area contributed by atoms with Crippen molar-refractivity contribution in [1.29, 1.82) is 0 Å². The fourth-order valence-corrected chi connectivity index (χ4v) is 1.93. The second-order valence-electron chi connectivity index (χ2n) is 4.33. The molecule has 0 bridgehead atoms. The molecule has 0 N–H and O–H groups in total. The van der Waals surface area contributed by atoms with Gasteiger partial charge < -0.3 is 14.4 Å². The van der Waals surface area contributed by atoms with Crippen LogP contribution in [0.2, 0.25) is 0 Å². The van der Waals surface area contributed by atoms with E-state index in [1.54, 1.807) is 11.9 Å². The van der Waals surface area contributed by atoms with Crippen LogP contribution in [0.25, 0.3) is 0 Å². The zero-order chi connectivity index (χ0) is 12.7. The lowest BCUT2D eigenvalue weighted by Gasteiger charge is -2.26. The topological polar surface area (TPSA) is 55.8 Å². The summed E-state index contributed by atoms with van der Waals surface area (Å²) >= 11 is 0. The molecule has 0 radical (unpaired) electrons. The molecule has 98 valence electrons. The summed E-state index contributed by atoms with van der Waals surface area (Å²) in [6, 6.07) is 0. The van der Waals surface area contributed by atoms with Crippen molar-refractivity contribution in [2.75, 3.05) is 33.9 Å². The van der Waals surface area contributed by atoms with Gasteiger partial charge in [-0.2, -0.15) is 0 Å². The number of hydrogen-bond donors (Lipinski definition) is 0. The highest BCUT2D eigenvalue weighted by atomic mass is 16.5. The number of amides is 1. The van der Waals surface area contributed by atoms with Crippen LogP contribution in [0.3, 0.4) is 0 Å². The number of ether oxygens (including phenoxy) is 2. The zero-order valence-electron chi connectivity index (χ0n) is 10.6. The maximum Gasteiger partial charge on any atom is 0.305 e. The monoisotopic (exact) mass is 243 g/mol. The van der Waals surface area contributed by atoms with Crippen molar-refractivity contribution < 1.29 is 19.1 Å². The van der Waals surface area contributed by atoms with E-state index >= 15 is 0 Å². The summed E-state index contributed by atoms with van der Waals surface area (Å²) in [5.41, 5.74) is 0. The van der Waals surface area contributed by atoms with E-state index in [0.29, 0.717) is 32.6 Å². The molecule has 0 saturated carbocycles. The summed E-state index contributed by atoms with van der Waals surface area (Å²) in [7, 11) is 3.16. The highest BCUT2D eigenvalue weighted by Crippen LogP contribution is 2.17. The number of rotatable bonds is 5. The molecule has 0 atom stereocenters. The summed E-state index contributed by atoms with van der Waals surface area (Å²) in [6.45, 7) is 1.95. The van der Waals surface area contributed by atoms with Gasteiger partial charge in [0.2, 0.25) is 5.91 Å². The molecule has 1 amide bonds. The van der Waals surface area contributed by atoms with Crippen LogP contribution in [0.5, 0.6) is 0 Å². The molecular weight excluding hydrogens is 222 g/mol. The van der Waals surface area contributed by atoms with Crippen molar-refractivity contribution in [3.8, 4) is 0 Å². The van der Waals surface area contributed by atoms with E-state index < -0.39 is 0 Å². The van der Waals surface area contributed by atoms with E-state index in [-0.39, 0.29) is 17.8 Å². The third-order valence-electron chi connectivity index (χ3n) is 3.05.